The topological polar surface area (TPSA) is 89.9 Å². The molecule has 0 radical (unpaired) electrons. The minimum absolute atomic E-state index is 0.0559. The van der Waals surface area contributed by atoms with Crippen molar-refractivity contribution in [3.63, 3.8) is 0 Å². The smallest absolute Gasteiger partial charge is 0.249 e. The summed E-state index contributed by atoms with van der Waals surface area (Å²) in [6, 6.07) is 4.21. The zero-order chi connectivity index (χ0) is 14.2. The Kier molecular flexibility index (Phi) is 3.44. The van der Waals surface area contributed by atoms with E-state index in [1.54, 1.807) is 30.9 Å². The fourth-order valence-electron chi connectivity index (χ4n) is 2.09. The van der Waals surface area contributed by atoms with E-state index in [1.165, 1.54) is 6.07 Å². The van der Waals surface area contributed by atoms with E-state index in [2.05, 4.69) is 5.32 Å². The Morgan fingerprint density at radius 2 is 2.11 bits per heavy atom. The number of aliphatic hydroxyl groups is 1. The second-order valence-corrected chi connectivity index (χ2v) is 4.64. The fraction of sp³-hybridized carbons (Fsp3) is 0.385. The Bertz CT molecular complexity index is 527. The van der Waals surface area contributed by atoms with Crippen LogP contribution in [0.1, 0.15) is 25.5 Å². The predicted octanol–water partition coefficient (Wildman–Crippen LogP) is 0.297. The van der Waals surface area contributed by atoms with E-state index in [0.29, 0.717) is 11.3 Å². The molecule has 19 heavy (non-hydrogen) atoms. The fourth-order valence-corrected chi connectivity index (χ4v) is 2.09. The van der Waals surface area contributed by atoms with Gasteiger partial charge in [-0.25, -0.2) is 0 Å². The van der Waals surface area contributed by atoms with Gasteiger partial charge in [0.15, 0.2) is 0 Å². The average molecular weight is 264 g/mol. The van der Waals surface area contributed by atoms with Gasteiger partial charge >= 0.3 is 0 Å². The monoisotopic (exact) mass is 264 g/mol. The number of hydrogen-bond acceptors (Lipinski definition) is 5. The molecule has 6 nitrogen and oxygen atoms in total. The molecule has 0 spiro atoms. The third kappa shape index (κ3) is 2.53. The lowest BCUT2D eigenvalue weighted by Gasteiger charge is -2.33. The minimum Gasteiger partial charge on any atom is -0.507 e. The van der Waals surface area contributed by atoms with Crippen LogP contribution < -0.4 is 10.2 Å². The number of anilines is 1. The van der Waals surface area contributed by atoms with E-state index in [-0.39, 0.29) is 24.1 Å². The van der Waals surface area contributed by atoms with E-state index in [4.69, 9.17) is 0 Å². The van der Waals surface area contributed by atoms with Gasteiger partial charge in [-0.2, -0.15) is 0 Å². The van der Waals surface area contributed by atoms with Crippen molar-refractivity contribution in [2.45, 2.75) is 26.0 Å². The zero-order valence-electron chi connectivity index (χ0n) is 10.8. The Balaban J connectivity index is 2.33. The molecule has 6 heteroatoms. The van der Waals surface area contributed by atoms with Crippen LogP contribution in [0.4, 0.5) is 5.69 Å². The number of nitrogens with zero attached hydrogens (tertiary/aromatic N) is 1. The lowest BCUT2D eigenvalue weighted by atomic mass is 10.1. The van der Waals surface area contributed by atoms with Crippen molar-refractivity contribution in [1.29, 1.82) is 0 Å². The number of benzene rings is 1. The van der Waals surface area contributed by atoms with Crippen LogP contribution in [0.25, 0.3) is 0 Å². The Morgan fingerprint density at radius 3 is 2.68 bits per heavy atom. The van der Waals surface area contributed by atoms with Crippen LogP contribution >= 0.6 is 0 Å². The molecule has 1 aliphatic rings. The molecular formula is C13H16N2O4. The van der Waals surface area contributed by atoms with E-state index in [9.17, 15) is 19.8 Å². The van der Waals surface area contributed by atoms with Crippen molar-refractivity contribution in [3.8, 4) is 5.75 Å². The molecule has 0 saturated carbocycles. The first kappa shape index (κ1) is 13.4. The van der Waals surface area contributed by atoms with E-state index >= 15 is 0 Å². The standard InChI is InChI=1S/C13H16N2O4/c1-7-13(19)14-12(18)6-15(7)9-3-4-10(8(2)16)11(17)5-9/h3-5,7-8,16-17H,6H2,1-2H3,(H,14,18,19). The number of nitrogens with one attached hydrogen (secondary N) is 1. The van der Waals surface area contributed by atoms with Crippen molar-refractivity contribution in [2.24, 2.45) is 0 Å². The van der Waals surface area contributed by atoms with Crippen LogP contribution in [-0.2, 0) is 9.59 Å². The number of aliphatic hydroxyl groups excluding tert-OH is 1. The first-order valence-corrected chi connectivity index (χ1v) is 6.01. The highest BCUT2D eigenvalue weighted by Crippen LogP contribution is 2.30. The Morgan fingerprint density at radius 1 is 1.42 bits per heavy atom. The van der Waals surface area contributed by atoms with Gasteiger partial charge in [0, 0.05) is 17.3 Å². The molecule has 1 aliphatic heterocycles. The Labute approximate surface area is 110 Å². The van der Waals surface area contributed by atoms with Crippen LogP contribution in [-0.4, -0.2) is 34.6 Å². The molecule has 2 rings (SSSR count). The minimum atomic E-state index is -0.780. The quantitative estimate of drug-likeness (QED) is 0.668. The van der Waals surface area contributed by atoms with Crippen molar-refractivity contribution >= 4 is 17.5 Å². The first-order valence-electron chi connectivity index (χ1n) is 6.01. The number of aromatic hydroxyl groups is 1. The van der Waals surface area contributed by atoms with Gasteiger partial charge < -0.3 is 15.1 Å². The van der Waals surface area contributed by atoms with Gasteiger partial charge in [0.05, 0.1) is 12.6 Å². The highest BCUT2D eigenvalue weighted by molar-refractivity contribution is 6.04. The molecule has 1 fully saturated rings. The maximum Gasteiger partial charge on any atom is 0.249 e. The second-order valence-electron chi connectivity index (χ2n) is 4.64. The number of hydrogen-bond donors (Lipinski definition) is 3. The molecular weight excluding hydrogens is 248 g/mol. The predicted molar refractivity (Wildman–Crippen MR) is 68.7 cm³/mol. The second kappa shape index (κ2) is 4.89. The molecule has 3 N–H and O–H groups in total. The summed E-state index contributed by atoms with van der Waals surface area (Å²) in [7, 11) is 0. The van der Waals surface area contributed by atoms with Crippen LogP contribution in [0.5, 0.6) is 5.75 Å². The molecule has 0 aliphatic carbocycles. The lowest BCUT2D eigenvalue weighted by Crippen LogP contribution is -2.57. The van der Waals surface area contributed by atoms with Gasteiger partial charge in [-0.05, 0) is 19.9 Å². The summed E-state index contributed by atoms with van der Waals surface area (Å²) in [6.07, 6.45) is -0.780. The number of carbonyl (C=O) groups excluding carboxylic acids is 2. The number of carbonyl (C=O) groups is 2. The molecule has 102 valence electrons. The number of imide groups is 1. The maximum atomic E-state index is 11.6. The number of phenolic OH excluding ortho intramolecular Hbond substituents is 1. The van der Waals surface area contributed by atoms with Gasteiger partial charge in [0.2, 0.25) is 11.8 Å². The molecule has 1 aromatic rings. The summed E-state index contributed by atoms with van der Waals surface area (Å²) < 4.78 is 0. The average Bonchev–Trinajstić information content (AvgIpc) is 2.33. The summed E-state index contributed by atoms with van der Waals surface area (Å²) in [6.45, 7) is 3.29. The van der Waals surface area contributed by atoms with Crippen molar-refractivity contribution < 1.29 is 19.8 Å². The summed E-state index contributed by atoms with van der Waals surface area (Å²) in [4.78, 5) is 24.6. The number of amides is 2. The summed E-state index contributed by atoms with van der Waals surface area (Å²) >= 11 is 0. The summed E-state index contributed by atoms with van der Waals surface area (Å²) in [5.74, 6) is -0.796. The van der Waals surface area contributed by atoms with Gasteiger partial charge in [-0.1, -0.05) is 6.07 Å². The van der Waals surface area contributed by atoms with Gasteiger partial charge in [0.1, 0.15) is 11.8 Å². The van der Waals surface area contributed by atoms with Gasteiger partial charge in [-0.3, -0.25) is 14.9 Å². The van der Waals surface area contributed by atoms with E-state index in [0.717, 1.165) is 0 Å². The third-order valence-corrected chi connectivity index (χ3v) is 3.22. The molecule has 0 aromatic heterocycles. The molecule has 1 aromatic carbocycles. The number of phenols is 1. The third-order valence-electron chi connectivity index (χ3n) is 3.22. The van der Waals surface area contributed by atoms with Crippen LogP contribution in [0.15, 0.2) is 18.2 Å². The zero-order valence-corrected chi connectivity index (χ0v) is 10.8. The van der Waals surface area contributed by atoms with Crippen LogP contribution in [0, 0.1) is 0 Å². The molecule has 2 atom stereocenters. The number of rotatable bonds is 2. The van der Waals surface area contributed by atoms with Crippen molar-refractivity contribution in [2.75, 3.05) is 11.4 Å². The lowest BCUT2D eigenvalue weighted by molar-refractivity contribution is -0.132. The Hall–Kier alpha value is -2.08. The normalized spacial score (nSPS) is 21.2. The van der Waals surface area contributed by atoms with Crippen LogP contribution in [0.3, 0.4) is 0 Å². The highest BCUT2D eigenvalue weighted by Gasteiger charge is 2.30. The van der Waals surface area contributed by atoms with Crippen molar-refractivity contribution in [3.05, 3.63) is 23.8 Å². The summed E-state index contributed by atoms with van der Waals surface area (Å²) in [5, 5.41) is 21.5. The largest absolute Gasteiger partial charge is 0.507 e. The molecule has 2 amide bonds. The first-order chi connectivity index (χ1) is 8.90. The molecule has 1 heterocycles. The molecule has 1 saturated heterocycles. The molecule has 2 unspecified atom stereocenters. The SMILES string of the molecule is CC(O)c1ccc(N2CC(=O)NC(=O)C2C)cc1O. The van der Waals surface area contributed by atoms with E-state index in [1.807, 2.05) is 0 Å². The van der Waals surface area contributed by atoms with Gasteiger partial charge in [-0.15, -0.1) is 0 Å². The van der Waals surface area contributed by atoms with Crippen molar-refractivity contribution in [1.82, 2.24) is 5.32 Å². The van der Waals surface area contributed by atoms with Crippen LogP contribution in [0.2, 0.25) is 0 Å². The summed E-state index contributed by atoms with van der Waals surface area (Å²) in [5.41, 5.74) is 0.974. The molecule has 0 bridgehead atoms. The maximum absolute atomic E-state index is 11.6. The van der Waals surface area contributed by atoms with E-state index < -0.39 is 12.1 Å². The number of piperazine rings is 1. The van der Waals surface area contributed by atoms with Gasteiger partial charge in [0.25, 0.3) is 0 Å². The highest BCUT2D eigenvalue weighted by atomic mass is 16.3.